The molecule has 0 bridgehead atoms. The van der Waals surface area contributed by atoms with E-state index in [-0.39, 0.29) is 0 Å². The SMILES string of the molecule is CN1CN(c2cccc(-c3ccccc3)c2)c2ccncc21. The molecule has 2 heterocycles. The maximum Gasteiger partial charge on any atom is 0.0950 e. The Morgan fingerprint density at radius 3 is 2.55 bits per heavy atom. The summed E-state index contributed by atoms with van der Waals surface area (Å²) in [5, 5.41) is 0. The average Bonchev–Trinajstić information content (AvgIpc) is 2.93. The summed E-state index contributed by atoms with van der Waals surface area (Å²) >= 11 is 0. The molecule has 0 atom stereocenters. The van der Waals surface area contributed by atoms with Gasteiger partial charge in [-0.05, 0) is 29.3 Å². The van der Waals surface area contributed by atoms with Crippen LogP contribution >= 0.6 is 0 Å². The third-order valence-corrected chi connectivity index (χ3v) is 4.10. The molecular formula is C19H17N3. The summed E-state index contributed by atoms with van der Waals surface area (Å²) in [4.78, 5) is 8.77. The highest BCUT2D eigenvalue weighted by molar-refractivity contribution is 5.82. The van der Waals surface area contributed by atoms with E-state index in [9.17, 15) is 0 Å². The van der Waals surface area contributed by atoms with Crippen molar-refractivity contribution in [1.82, 2.24) is 4.98 Å². The number of fused-ring (bicyclic) bond motifs is 1. The molecular weight excluding hydrogens is 270 g/mol. The second kappa shape index (κ2) is 5.19. The van der Waals surface area contributed by atoms with Crippen LogP contribution in [0.2, 0.25) is 0 Å². The molecule has 2 aromatic carbocycles. The monoisotopic (exact) mass is 287 g/mol. The van der Waals surface area contributed by atoms with Crippen molar-refractivity contribution in [2.45, 2.75) is 0 Å². The Kier molecular flexibility index (Phi) is 3.04. The van der Waals surface area contributed by atoms with E-state index in [2.05, 4.69) is 76.4 Å². The molecule has 0 saturated heterocycles. The lowest BCUT2D eigenvalue weighted by Crippen LogP contribution is -2.23. The molecule has 0 amide bonds. The fourth-order valence-corrected chi connectivity index (χ4v) is 2.97. The highest BCUT2D eigenvalue weighted by Crippen LogP contribution is 2.39. The summed E-state index contributed by atoms with van der Waals surface area (Å²) in [6.07, 6.45) is 3.78. The Morgan fingerprint density at radius 1 is 0.864 bits per heavy atom. The predicted molar refractivity (Wildman–Crippen MR) is 91.5 cm³/mol. The van der Waals surface area contributed by atoms with E-state index < -0.39 is 0 Å². The van der Waals surface area contributed by atoms with Gasteiger partial charge in [0.2, 0.25) is 0 Å². The normalized spacial score (nSPS) is 13.3. The number of aromatic nitrogens is 1. The smallest absolute Gasteiger partial charge is 0.0950 e. The van der Waals surface area contributed by atoms with Crippen LogP contribution in [0.4, 0.5) is 17.1 Å². The molecule has 4 rings (SSSR count). The largest absolute Gasteiger partial charge is 0.354 e. The van der Waals surface area contributed by atoms with Crippen molar-refractivity contribution in [2.24, 2.45) is 0 Å². The first-order chi connectivity index (χ1) is 10.8. The maximum absolute atomic E-state index is 4.23. The van der Waals surface area contributed by atoms with Crippen molar-refractivity contribution >= 4 is 17.1 Å². The second-order valence-electron chi connectivity index (χ2n) is 5.55. The van der Waals surface area contributed by atoms with Gasteiger partial charge in [0.25, 0.3) is 0 Å². The van der Waals surface area contributed by atoms with Gasteiger partial charge < -0.3 is 9.80 Å². The molecule has 1 aliphatic rings. The van der Waals surface area contributed by atoms with Crippen molar-refractivity contribution in [3.8, 4) is 11.1 Å². The minimum absolute atomic E-state index is 0.846. The van der Waals surface area contributed by atoms with Gasteiger partial charge in [-0.2, -0.15) is 0 Å². The number of anilines is 3. The Morgan fingerprint density at radius 2 is 1.68 bits per heavy atom. The summed E-state index contributed by atoms with van der Waals surface area (Å²) in [6.45, 7) is 0.846. The first kappa shape index (κ1) is 12.9. The first-order valence-corrected chi connectivity index (χ1v) is 7.41. The number of rotatable bonds is 2. The Hall–Kier alpha value is -2.81. The highest BCUT2D eigenvalue weighted by atomic mass is 15.4. The van der Waals surface area contributed by atoms with E-state index in [0.717, 1.165) is 6.67 Å². The number of hydrogen-bond donors (Lipinski definition) is 0. The molecule has 108 valence electrons. The zero-order chi connectivity index (χ0) is 14.9. The third-order valence-electron chi connectivity index (χ3n) is 4.10. The predicted octanol–water partition coefficient (Wildman–Crippen LogP) is 4.29. The number of nitrogens with zero attached hydrogens (tertiary/aromatic N) is 3. The van der Waals surface area contributed by atoms with Crippen LogP contribution in [0.5, 0.6) is 0 Å². The van der Waals surface area contributed by atoms with E-state index in [4.69, 9.17) is 0 Å². The highest BCUT2D eigenvalue weighted by Gasteiger charge is 2.24. The van der Waals surface area contributed by atoms with Crippen LogP contribution in [-0.4, -0.2) is 18.7 Å². The van der Waals surface area contributed by atoms with Crippen LogP contribution in [0.3, 0.4) is 0 Å². The van der Waals surface area contributed by atoms with Crippen molar-refractivity contribution in [2.75, 3.05) is 23.5 Å². The zero-order valence-corrected chi connectivity index (χ0v) is 12.5. The van der Waals surface area contributed by atoms with Crippen molar-refractivity contribution < 1.29 is 0 Å². The lowest BCUT2D eigenvalue weighted by atomic mass is 10.0. The van der Waals surface area contributed by atoms with Gasteiger partial charge in [0, 0.05) is 18.9 Å². The van der Waals surface area contributed by atoms with Gasteiger partial charge in [0.05, 0.1) is 24.2 Å². The molecule has 3 heteroatoms. The van der Waals surface area contributed by atoms with Gasteiger partial charge in [-0.15, -0.1) is 0 Å². The lowest BCUT2D eigenvalue weighted by Gasteiger charge is -2.20. The molecule has 0 aliphatic carbocycles. The minimum Gasteiger partial charge on any atom is -0.354 e. The van der Waals surface area contributed by atoms with Crippen molar-refractivity contribution in [1.29, 1.82) is 0 Å². The molecule has 0 N–H and O–H groups in total. The van der Waals surface area contributed by atoms with Gasteiger partial charge in [-0.3, -0.25) is 4.98 Å². The summed E-state index contributed by atoms with van der Waals surface area (Å²) in [5.74, 6) is 0. The Balaban J connectivity index is 1.76. The molecule has 0 unspecified atom stereocenters. The van der Waals surface area contributed by atoms with E-state index in [1.165, 1.54) is 28.2 Å². The number of pyridine rings is 1. The summed E-state index contributed by atoms with van der Waals surface area (Å²) in [5.41, 5.74) is 6.07. The minimum atomic E-state index is 0.846. The molecule has 0 radical (unpaired) electrons. The topological polar surface area (TPSA) is 19.4 Å². The molecule has 1 aromatic heterocycles. The van der Waals surface area contributed by atoms with Crippen LogP contribution in [0.1, 0.15) is 0 Å². The quantitative estimate of drug-likeness (QED) is 0.700. The lowest BCUT2D eigenvalue weighted by molar-refractivity contribution is 0.949. The van der Waals surface area contributed by atoms with Crippen molar-refractivity contribution in [3.05, 3.63) is 73.1 Å². The van der Waals surface area contributed by atoms with Crippen LogP contribution in [0.25, 0.3) is 11.1 Å². The van der Waals surface area contributed by atoms with Crippen molar-refractivity contribution in [3.63, 3.8) is 0 Å². The number of benzene rings is 2. The van der Waals surface area contributed by atoms with Gasteiger partial charge >= 0.3 is 0 Å². The standard InChI is InChI=1S/C19H17N3/c1-21-14-22(18-10-11-20-13-19(18)21)17-9-5-8-16(12-17)15-6-3-2-4-7-15/h2-13H,14H2,1H3. The van der Waals surface area contributed by atoms with Gasteiger partial charge in [0.15, 0.2) is 0 Å². The van der Waals surface area contributed by atoms with E-state index >= 15 is 0 Å². The Labute approximate surface area is 130 Å². The number of hydrogen-bond acceptors (Lipinski definition) is 3. The van der Waals surface area contributed by atoms with Crippen LogP contribution in [-0.2, 0) is 0 Å². The van der Waals surface area contributed by atoms with Gasteiger partial charge in [-0.25, -0.2) is 0 Å². The van der Waals surface area contributed by atoms with E-state index in [1.54, 1.807) is 0 Å². The molecule has 3 aromatic rings. The fourth-order valence-electron chi connectivity index (χ4n) is 2.97. The average molecular weight is 287 g/mol. The molecule has 22 heavy (non-hydrogen) atoms. The summed E-state index contributed by atoms with van der Waals surface area (Å²) in [7, 11) is 2.10. The summed E-state index contributed by atoms with van der Waals surface area (Å²) < 4.78 is 0. The van der Waals surface area contributed by atoms with Crippen LogP contribution in [0.15, 0.2) is 73.1 Å². The van der Waals surface area contributed by atoms with Gasteiger partial charge in [-0.1, -0.05) is 42.5 Å². The van der Waals surface area contributed by atoms with Crippen LogP contribution in [0, 0.1) is 0 Å². The summed E-state index contributed by atoms with van der Waals surface area (Å²) in [6, 6.07) is 21.3. The molecule has 3 nitrogen and oxygen atoms in total. The zero-order valence-electron chi connectivity index (χ0n) is 12.5. The molecule has 0 spiro atoms. The molecule has 1 aliphatic heterocycles. The van der Waals surface area contributed by atoms with E-state index in [1.807, 2.05) is 18.5 Å². The second-order valence-corrected chi connectivity index (χ2v) is 5.55. The first-order valence-electron chi connectivity index (χ1n) is 7.41. The van der Waals surface area contributed by atoms with E-state index in [0.29, 0.717) is 0 Å². The third kappa shape index (κ3) is 2.11. The Bertz CT molecular complexity index is 799. The molecule has 0 saturated carbocycles. The maximum atomic E-state index is 4.23. The van der Waals surface area contributed by atoms with Crippen LogP contribution < -0.4 is 9.80 Å². The molecule has 0 fully saturated rings. The van der Waals surface area contributed by atoms with Gasteiger partial charge in [0.1, 0.15) is 0 Å². The fraction of sp³-hybridized carbons (Fsp3) is 0.105.